The molecule has 4 N–H and O–H groups in total. The predicted molar refractivity (Wildman–Crippen MR) is 347 cm³/mol. The van der Waals surface area contributed by atoms with Crippen molar-refractivity contribution in [2.24, 2.45) is 0 Å². The van der Waals surface area contributed by atoms with Crippen LogP contribution in [-0.2, 0) is 53.7 Å². The monoisotopic (exact) mass is 1340 g/mol. The Morgan fingerprint density at radius 3 is 0.796 bits per heavy atom. The van der Waals surface area contributed by atoms with Gasteiger partial charge in [-0.25, -0.2) is 33.7 Å². The van der Waals surface area contributed by atoms with E-state index in [-0.39, 0.29) is 67.1 Å². The van der Waals surface area contributed by atoms with Gasteiger partial charge in [0.2, 0.25) is 39.3 Å². The predicted octanol–water partition coefficient (Wildman–Crippen LogP) is 14.5. The van der Waals surface area contributed by atoms with Crippen molar-refractivity contribution in [2.45, 2.75) is 51.0 Å². The first kappa shape index (κ1) is 65.5. The van der Waals surface area contributed by atoms with E-state index in [0.717, 1.165) is 12.7 Å². The highest BCUT2D eigenvalue weighted by atomic mass is 32.2. The second-order valence-electron chi connectivity index (χ2n) is 20.2. The van der Waals surface area contributed by atoms with Crippen LogP contribution in [-0.4, -0.2) is 56.3 Å². The number of nitrogen functional groups attached to an aromatic ring is 2. The van der Waals surface area contributed by atoms with Crippen LogP contribution in [0.25, 0.3) is 0 Å². The lowest BCUT2D eigenvalue weighted by Gasteiger charge is -2.14. The molecule has 0 aliphatic heterocycles. The summed E-state index contributed by atoms with van der Waals surface area (Å²) >= 11 is 0. The van der Waals surface area contributed by atoms with Gasteiger partial charge in [0.25, 0.3) is 0 Å². The zero-order valence-corrected chi connectivity index (χ0v) is 53.5. The number of hydrogen-bond acceptors (Lipinski definition) is 19. The average Bonchev–Trinajstić information content (AvgIpc) is 0.947. The number of benzene rings is 11. The molecular weight excluding hydrogens is 1290 g/mol. The normalized spacial score (nSPS) is 11.7. The fourth-order valence-electron chi connectivity index (χ4n) is 8.89. The van der Waals surface area contributed by atoms with Gasteiger partial charge in [-0.2, -0.15) is 8.42 Å². The minimum absolute atomic E-state index is 0.0000302. The van der Waals surface area contributed by atoms with E-state index in [0.29, 0.717) is 51.6 Å². The zero-order chi connectivity index (χ0) is 66.1. The highest BCUT2D eigenvalue weighted by Crippen LogP contribution is 2.37. The van der Waals surface area contributed by atoms with Crippen molar-refractivity contribution in [3.8, 4) is 63.2 Å². The first-order chi connectivity index (χ1) is 44.4. The molecule has 0 aliphatic carbocycles. The van der Waals surface area contributed by atoms with Crippen LogP contribution in [0, 0.1) is 6.92 Å². The van der Waals surface area contributed by atoms with Gasteiger partial charge >= 0.3 is 10.1 Å². The number of aryl methyl sites for hydroxylation is 1. The summed E-state index contributed by atoms with van der Waals surface area (Å²) in [6.07, 6.45) is 0. The van der Waals surface area contributed by atoms with Gasteiger partial charge < -0.3 is 39.9 Å². The molecule has 0 atom stereocenters. The summed E-state index contributed by atoms with van der Waals surface area (Å²) in [5, 5.41) is 0. The Kier molecular flexibility index (Phi) is 19.4. The van der Waals surface area contributed by atoms with Gasteiger partial charge in [-0.3, -0.25) is 4.18 Å². The fourth-order valence-corrected chi connectivity index (χ4v) is 14.7. The Bertz CT molecular complexity index is 5070. The Morgan fingerprint density at radius 2 is 0.516 bits per heavy atom. The molecule has 11 aromatic rings. The molecule has 11 aromatic carbocycles. The highest BCUT2D eigenvalue weighted by molar-refractivity contribution is 7.92. The average molecular weight is 1350 g/mol. The van der Waals surface area contributed by atoms with Crippen molar-refractivity contribution < 1.29 is 74.7 Å². The summed E-state index contributed by atoms with van der Waals surface area (Å²) in [5.41, 5.74) is 13.6. The topological polar surface area (TPSA) is 287 Å². The van der Waals surface area contributed by atoms with Crippen molar-refractivity contribution in [3.63, 3.8) is 0 Å². The van der Waals surface area contributed by atoms with E-state index >= 15 is 0 Å². The van der Waals surface area contributed by atoms with Crippen LogP contribution < -0.4 is 39.9 Å². The van der Waals surface area contributed by atoms with Gasteiger partial charge in [0.05, 0.1) is 53.4 Å². The standard InChI is InChI=1S/C38H31NO11S3.C31H25NO6S2/c1-46-27-6-15-33(16-7-27)51(40,41)36-21-12-30(13-22-36)50-37-23-14-32(25-38(37)53(44,45)47-2)49-29-10-19-35(20-11-29)52(42,43)34-17-8-28(9-18-34)48-31-5-3-4-26(39)24-31;1-22-5-13-28(14-6-22)39(33,34)29-15-7-24(8-16-29)37-25-9-17-30(18-10-25)40(35,36)31-19-11-26(12-20-31)38-27-4-2-3-23(32)21-27/h3-25H,39H2,1-2H3;2-21H,32H2,1H3. The molecule has 0 bridgehead atoms. The molecule has 19 nitrogen and oxygen atoms in total. The van der Waals surface area contributed by atoms with Gasteiger partial charge in [-0.15, -0.1) is 0 Å². The molecule has 0 radical (unpaired) electrons. The Morgan fingerprint density at radius 1 is 0.269 bits per heavy atom. The fraction of sp³-hybridized carbons (Fsp3) is 0.0435. The zero-order valence-electron chi connectivity index (χ0n) is 49.5. The molecule has 0 fully saturated rings. The molecule has 0 unspecified atom stereocenters. The first-order valence-electron chi connectivity index (χ1n) is 27.8. The van der Waals surface area contributed by atoms with E-state index in [9.17, 15) is 42.1 Å². The molecule has 93 heavy (non-hydrogen) atoms. The molecule has 0 saturated carbocycles. The van der Waals surface area contributed by atoms with Crippen LogP contribution in [0.15, 0.2) is 305 Å². The quantitative estimate of drug-likeness (QED) is 0.0499. The SMILES string of the molecule is COc1ccc(S(=O)(=O)c2ccc(Oc3ccc(Oc4ccc(S(=O)(=O)c5ccc(Oc6cccc(N)c6)cc5)cc4)cc3S(=O)(=O)OC)cc2)cc1.Cc1ccc(S(=O)(=O)c2ccc(Oc3ccc(S(=O)(=O)c4ccc(Oc5cccc(N)c5)cc4)cc3)cc2)cc1. The molecule has 0 spiro atoms. The van der Waals surface area contributed by atoms with Crippen molar-refractivity contribution in [1.82, 2.24) is 0 Å². The van der Waals surface area contributed by atoms with Crippen LogP contribution in [0.4, 0.5) is 11.4 Å². The van der Waals surface area contributed by atoms with Crippen molar-refractivity contribution >= 4 is 60.8 Å². The van der Waals surface area contributed by atoms with E-state index in [1.807, 2.05) is 6.92 Å². The summed E-state index contributed by atoms with van der Waals surface area (Å²) in [5.74, 6) is 3.63. The molecule has 11 rings (SSSR count). The van der Waals surface area contributed by atoms with Gasteiger partial charge in [0, 0.05) is 29.6 Å². The van der Waals surface area contributed by atoms with Crippen LogP contribution in [0.2, 0.25) is 0 Å². The first-order valence-corrected chi connectivity index (χ1v) is 35.1. The highest BCUT2D eigenvalue weighted by Gasteiger charge is 2.25. The van der Waals surface area contributed by atoms with Crippen LogP contribution in [0.5, 0.6) is 63.2 Å². The minimum atomic E-state index is -4.32. The maximum atomic E-state index is 13.3. The Labute approximate surface area is 538 Å². The lowest BCUT2D eigenvalue weighted by Crippen LogP contribution is -2.05. The minimum Gasteiger partial charge on any atom is -0.497 e. The van der Waals surface area contributed by atoms with E-state index in [4.69, 9.17) is 44.1 Å². The molecule has 0 saturated heterocycles. The van der Waals surface area contributed by atoms with Crippen LogP contribution in [0.3, 0.4) is 0 Å². The molecule has 0 aromatic heterocycles. The number of methoxy groups -OCH3 is 1. The molecule has 0 aliphatic rings. The lowest BCUT2D eigenvalue weighted by molar-refractivity contribution is 0.389. The summed E-state index contributed by atoms with van der Waals surface area (Å²) < 4.78 is 169. The number of sulfone groups is 4. The van der Waals surface area contributed by atoms with E-state index < -0.39 is 49.5 Å². The maximum absolute atomic E-state index is 13.3. The largest absolute Gasteiger partial charge is 0.497 e. The third-order valence-electron chi connectivity index (χ3n) is 13.8. The van der Waals surface area contributed by atoms with Crippen molar-refractivity contribution in [2.75, 3.05) is 25.7 Å². The Hall–Kier alpha value is -10.5. The molecule has 474 valence electrons. The van der Waals surface area contributed by atoms with E-state index in [1.54, 1.807) is 109 Å². The molecular formula is C69H56N2O17S5. The summed E-state index contributed by atoms with van der Waals surface area (Å²) in [6, 6.07) is 65.6. The summed E-state index contributed by atoms with van der Waals surface area (Å²) in [4.78, 5) is 0.332. The van der Waals surface area contributed by atoms with Gasteiger partial charge in [-0.05, 0) is 225 Å². The smallest absolute Gasteiger partial charge is 0.300 e. The molecule has 0 heterocycles. The number of rotatable bonds is 21. The number of ether oxygens (including phenoxy) is 6. The number of nitrogens with two attached hydrogens (primary N) is 2. The molecule has 24 heteroatoms. The second-order valence-corrected chi connectivity index (χ2v) is 29.7. The van der Waals surface area contributed by atoms with Gasteiger partial charge in [0.15, 0.2) is 0 Å². The molecule has 0 amide bonds. The number of anilines is 2. The van der Waals surface area contributed by atoms with Crippen molar-refractivity contribution in [1.29, 1.82) is 0 Å². The third-order valence-corrected chi connectivity index (χ3v) is 22.2. The van der Waals surface area contributed by atoms with Gasteiger partial charge in [0.1, 0.15) is 68.1 Å². The number of hydrogen-bond donors (Lipinski definition) is 2. The third kappa shape index (κ3) is 15.6. The van der Waals surface area contributed by atoms with Crippen LogP contribution in [0.1, 0.15) is 5.56 Å². The second kappa shape index (κ2) is 27.6. The van der Waals surface area contributed by atoms with E-state index in [2.05, 4.69) is 0 Å². The van der Waals surface area contributed by atoms with Crippen molar-refractivity contribution in [3.05, 3.63) is 266 Å². The summed E-state index contributed by atoms with van der Waals surface area (Å²) in [6.45, 7) is 1.89. The van der Waals surface area contributed by atoms with Gasteiger partial charge in [-0.1, -0.05) is 29.8 Å². The van der Waals surface area contributed by atoms with E-state index in [1.165, 1.54) is 159 Å². The maximum Gasteiger partial charge on any atom is 0.300 e. The summed E-state index contributed by atoms with van der Waals surface area (Å²) in [7, 11) is -17.0. The lowest BCUT2D eigenvalue weighted by atomic mass is 10.2. The van der Waals surface area contributed by atoms with Crippen LogP contribution >= 0.6 is 0 Å². The Balaban J connectivity index is 0.000000211.